The van der Waals surface area contributed by atoms with Crippen molar-refractivity contribution in [3.63, 3.8) is 0 Å². The maximum Gasteiger partial charge on any atom is 0.144 e. The molecule has 126 valence electrons. The van der Waals surface area contributed by atoms with Gasteiger partial charge >= 0.3 is 0 Å². The van der Waals surface area contributed by atoms with Crippen LogP contribution in [0.2, 0.25) is 0 Å². The lowest BCUT2D eigenvalue weighted by atomic mass is 10.1. The second-order valence-electron chi connectivity index (χ2n) is 6.52. The highest BCUT2D eigenvalue weighted by atomic mass is 32.1. The van der Waals surface area contributed by atoms with Crippen LogP contribution in [0.1, 0.15) is 11.6 Å². The van der Waals surface area contributed by atoms with Crippen molar-refractivity contribution in [2.45, 2.75) is 13.0 Å². The average Bonchev–Trinajstić information content (AvgIpc) is 3.14. The maximum atomic E-state index is 5.59. The van der Waals surface area contributed by atoms with E-state index in [0.717, 1.165) is 29.9 Å². The number of hydrogen-bond acceptors (Lipinski definition) is 5. The van der Waals surface area contributed by atoms with Gasteiger partial charge in [0.25, 0.3) is 0 Å². The van der Waals surface area contributed by atoms with Gasteiger partial charge in [0.1, 0.15) is 17.7 Å². The van der Waals surface area contributed by atoms with E-state index in [1.165, 1.54) is 26.1 Å². The number of methoxy groups -OCH3 is 1. The first-order chi connectivity index (χ1) is 12.2. The molecule has 0 atom stereocenters. The molecule has 1 saturated heterocycles. The molecule has 0 saturated carbocycles. The Morgan fingerprint density at radius 2 is 2.16 bits per heavy atom. The predicted octanol–water partition coefficient (Wildman–Crippen LogP) is 3.77. The molecule has 4 heterocycles. The quantitative estimate of drug-likeness (QED) is 0.611. The van der Waals surface area contributed by atoms with Gasteiger partial charge < -0.3 is 14.6 Å². The molecule has 5 nitrogen and oxygen atoms in total. The van der Waals surface area contributed by atoms with Gasteiger partial charge in [-0.3, -0.25) is 0 Å². The highest BCUT2D eigenvalue weighted by Gasteiger charge is 2.23. The van der Waals surface area contributed by atoms with Crippen LogP contribution in [0.3, 0.4) is 0 Å². The van der Waals surface area contributed by atoms with Gasteiger partial charge in [-0.25, -0.2) is 9.97 Å². The van der Waals surface area contributed by atoms with Crippen molar-refractivity contribution in [2.75, 3.05) is 20.2 Å². The summed E-state index contributed by atoms with van der Waals surface area (Å²) in [4.78, 5) is 10.0. The van der Waals surface area contributed by atoms with Crippen molar-refractivity contribution >= 4 is 32.5 Å². The fraction of sp³-hybridized carbons (Fsp3) is 0.263. The summed E-state index contributed by atoms with van der Waals surface area (Å²) < 4.78 is 9.06. The molecule has 1 aromatic carbocycles. The average molecular weight is 350 g/mol. The molecule has 0 aliphatic carbocycles. The van der Waals surface area contributed by atoms with Crippen LogP contribution in [0, 0.1) is 6.92 Å². The monoisotopic (exact) mass is 350 g/mol. The SMILES string of the molecule is COc1cc(C)cc2cc(-c3cn(C4CNC4)c4ncncc34)sc12. The van der Waals surface area contributed by atoms with Crippen molar-refractivity contribution in [1.82, 2.24) is 19.9 Å². The Labute approximate surface area is 149 Å². The first-order valence-corrected chi connectivity index (χ1v) is 9.16. The summed E-state index contributed by atoms with van der Waals surface area (Å²) in [7, 11) is 1.73. The number of nitrogens with zero attached hydrogens (tertiary/aromatic N) is 3. The highest BCUT2D eigenvalue weighted by Crippen LogP contribution is 2.42. The van der Waals surface area contributed by atoms with Gasteiger partial charge in [0.05, 0.1) is 17.9 Å². The molecule has 25 heavy (non-hydrogen) atoms. The van der Waals surface area contributed by atoms with Gasteiger partial charge in [0, 0.05) is 41.3 Å². The first-order valence-electron chi connectivity index (χ1n) is 8.34. The fourth-order valence-electron chi connectivity index (χ4n) is 3.48. The van der Waals surface area contributed by atoms with Crippen LogP contribution < -0.4 is 10.1 Å². The lowest BCUT2D eigenvalue weighted by Gasteiger charge is -2.28. The van der Waals surface area contributed by atoms with Gasteiger partial charge in [-0.05, 0) is 30.0 Å². The molecule has 4 aromatic rings. The summed E-state index contributed by atoms with van der Waals surface area (Å²) in [5.74, 6) is 0.939. The third kappa shape index (κ3) is 2.25. The first kappa shape index (κ1) is 14.9. The van der Waals surface area contributed by atoms with Gasteiger partial charge in [-0.1, -0.05) is 6.07 Å². The summed E-state index contributed by atoms with van der Waals surface area (Å²) in [5, 5.41) is 5.67. The minimum Gasteiger partial charge on any atom is -0.495 e. The van der Waals surface area contributed by atoms with E-state index in [1.807, 2.05) is 6.20 Å². The zero-order chi connectivity index (χ0) is 17.0. The fourth-order valence-corrected chi connectivity index (χ4v) is 4.64. The zero-order valence-corrected chi connectivity index (χ0v) is 14.9. The number of fused-ring (bicyclic) bond motifs is 2. The molecule has 1 fully saturated rings. The number of nitrogens with one attached hydrogen (secondary N) is 1. The topological polar surface area (TPSA) is 52.0 Å². The zero-order valence-electron chi connectivity index (χ0n) is 14.1. The standard InChI is InChI=1S/C19H18N4OS/c1-11-3-12-5-17(25-18(12)16(4-11)24-2)15-9-23(13-6-20-7-13)19-14(15)8-21-10-22-19/h3-5,8-10,13,20H,6-7H2,1-2H3. The molecule has 0 spiro atoms. The van der Waals surface area contributed by atoms with E-state index in [-0.39, 0.29) is 0 Å². The number of rotatable bonds is 3. The van der Waals surface area contributed by atoms with Crippen LogP contribution in [0.4, 0.5) is 0 Å². The smallest absolute Gasteiger partial charge is 0.144 e. The molecule has 5 rings (SSSR count). The van der Waals surface area contributed by atoms with E-state index >= 15 is 0 Å². The lowest BCUT2D eigenvalue weighted by molar-refractivity contribution is 0.350. The van der Waals surface area contributed by atoms with E-state index in [4.69, 9.17) is 4.74 Å². The van der Waals surface area contributed by atoms with Gasteiger partial charge in [-0.15, -0.1) is 11.3 Å². The van der Waals surface area contributed by atoms with Crippen LogP contribution in [-0.4, -0.2) is 34.7 Å². The Hall–Kier alpha value is -2.44. The molecular formula is C19H18N4OS. The number of benzene rings is 1. The molecule has 1 aliphatic rings. The number of thiophene rings is 1. The van der Waals surface area contributed by atoms with Crippen LogP contribution in [0.5, 0.6) is 5.75 Å². The van der Waals surface area contributed by atoms with E-state index in [0.29, 0.717) is 6.04 Å². The Kier molecular flexibility index (Phi) is 3.29. The Morgan fingerprint density at radius 1 is 1.28 bits per heavy atom. The molecule has 1 N–H and O–H groups in total. The number of hydrogen-bond donors (Lipinski definition) is 1. The Morgan fingerprint density at radius 3 is 2.92 bits per heavy atom. The molecule has 3 aromatic heterocycles. The van der Waals surface area contributed by atoms with Crippen LogP contribution in [0.15, 0.2) is 36.9 Å². The van der Waals surface area contributed by atoms with Crippen molar-refractivity contribution in [2.24, 2.45) is 0 Å². The summed E-state index contributed by atoms with van der Waals surface area (Å²) in [6.07, 6.45) is 5.79. The number of ether oxygens (including phenoxy) is 1. The minimum atomic E-state index is 0.470. The Balaban J connectivity index is 1.74. The van der Waals surface area contributed by atoms with E-state index in [1.54, 1.807) is 24.8 Å². The van der Waals surface area contributed by atoms with Crippen molar-refractivity contribution < 1.29 is 4.74 Å². The van der Waals surface area contributed by atoms with Crippen LogP contribution >= 0.6 is 11.3 Å². The van der Waals surface area contributed by atoms with E-state index < -0.39 is 0 Å². The number of aryl methyl sites for hydroxylation is 1. The third-order valence-corrected chi connectivity index (χ3v) is 6.06. The minimum absolute atomic E-state index is 0.470. The molecule has 6 heteroatoms. The normalized spacial score (nSPS) is 15.0. The van der Waals surface area contributed by atoms with Gasteiger partial charge in [0.2, 0.25) is 0 Å². The number of aromatic nitrogens is 3. The van der Waals surface area contributed by atoms with Crippen molar-refractivity contribution in [3.05, 3.63) is 42.5 Å². The molecule has 0 bridgehead atoms. The maximum absolute atomic E-state index is 5.59. The Bertz CT molecular complexity index is 1090. The molecule has 0 unspecified atom stereocenters. The van der Waals surface area contributed by atoms with Crippen molar-refractivity contribution in [3.8, 4) is 16.2 Å². The highest BCUT2D eigenvalue weighted by molar-refractivity contribution is 7.22. The predicted molar refractivity (Wildman–Crippen MR) is 102 cm³/mol. The molecular weight excluding hydrogens is 332 g/mol. The van der Waals surface area contributed by atoms with Gasteiger partial charge in [-0.2, -0.15) is 0 Å². The summed E-state index contributed by atoms with van der Waals surface area (Å²) in [6.45, 7) is 4.09. The summed E-state index contributed by atoms with van der Waals surface area (Å²) in [5.41, 5.74) is 3.42. The summed E-state index contributed by atoms with van der Waals surface area (Å²) in [6, 6.07) is 7.02. The van der Waals surface area contributed by atoms with E-state index in [2.05, 4.69) is 51.2 Å². The summed E-state index contributed by atoms with van der Waals surface area (Å²) >= 11 is 1.77. The van der Waals surface area contributed by atoms with Crippen LogP contribution in [0.25, 0.3) is 31.6 Å². The lowest BCUT2D eigenvalue weighted by Crippen LogP contribution is -2.43. The molecule has 0 amide bonds. The van der Waals surface area contributed by atoms with E-state index in [9.17, 15) is 0 Å². The third-order valence-electron chi connectivity index (χ3n) is 4.86. The molecule has 0 radical (unpaired) electrons. The van der Waals surface area contributed by atoms with Crippen molar-refractivity contribution in [1.29, 1.82) is 0 Å². The van der Waals surface area contributed by atoms with Gasteiger partial charge in [0.15, 0.2) is 0 Å². The van der Waals surface area contributed by atoms with Crippen LogP contribution in [-0.2, 0) is 0 Å². The molecule has 1 aliphatic heterocycles. The largest absolute Gasteiger partial charge is 0.495 e. The second-order valence-corrected chi connectivity index (χ2v) is 7.57. The second kappa shape index (κ2) is 5.54.